The van der Waals surface area contributed by atoms with Crippen LogP contribution in [0.25, 0.3) is 11.2 Å². The molecular formula is C22H19ClFN7O2. The summed E-state index contributed by atoms with van der Waals surface area (Å²) in [5, 5.41) is 4.96. The van der Waals surface area contributed by atoms with Gasteiger partial charge in [-0.2, -0.15) is 10.1 Å². The van der Waals surface area contributed by atoms with Crippen LogP contribution in [-0.2, 0) is 0 Å². The van der Waals surface area contributed by atoms with Gasteiger partial charge in [0.1, 0.15) is 17.2 Å². The highest BCUT2D eigenvalue weighted by Gasteiger charge is 2.43. The number of Topliss-reactive ketones (excluding diaryl/α,β-unsaturated/α-hetero) is 1. The molecule has 0 bridgehead atoms. The molecular weight excluding hydrogens is 449 g/mol. The number of aromatic nitrogens is 5. The molecule has 4 heterocycles. The molecule has 0 radical (unpaired) electrons. The largest absolute Gasteiger partial charge is 0.368 e. The van der Waals surface area contributed by atoms with E-state index in [0.29, 0.717) is 29.4 Å². The number of nitrogens with two attached hydrogens (primary N) is 1. The van der Waals surface area contributed by atoms with Crippen molar-refractivity contribution >= 4 is 34.7 Å². The molecule has 33 heavy (non-hydrogen) atoms. The summed E-state index contributed by atoms with van der Waals surface area (Å²) in [7, 11) is 0. The van der Waals surface area contributed by atoms with E-state index in [4.69, 9.17) is 22.4 Å². The molecule has 0 amide bonds. The first-order valence-corrected chi connectivity index (χ1v) is 10.6. The number of hydrogen-bond donors (Lipinski definition) is 1. The van der Waals surface area contributed by atoms with Gasteiger partial charge in [-0.25, -0.2) is 13.9 Å². The molecule has 2 atom stereocenters. The van der Waals surface area contributed by atoms with Crippen LogP contribution >= 0.6 is 11.6 Å². The highest BCUT2D eigenvalue weighted by molar-refractivity contribution is 6.33. The zero-order valence-electron chi connectivity index (χ0n) is 17.7. The standard InChI is InChI=1S/C22H19ClFN7O2/c1-11-10-29(19-15(12(2)32)9-26-22(25)27-19)17(11)20-28-30-8-7-16(23)18(30)21(33)31(20)14-5-3-13(24)4-6-14/h3-9,11,17H,10H2,1-2H3,(H2,25,26,27)/t11-,17+/m1/s1. The van der Waals surface area contributed by atoms with E-state index in [1.807, 2.05) is 11.8 Å². The topological polar surface area (TPSA) is 111 Å². The van der Waals surface area contributed by atoms with Crippen LogP contribution in [0, 0.1) is 11.7 Å². The van der Waals surface area contributed by atoms with Gasteiger partial charge >= 0.3 is 0 Å². The second-order valence-corrected chi connectivity index (χ2v) is 8.44. The monoisotopic (exact) mass is 467 g/mol. The second kappa shape index (κ2) is 7.66. The summed E-state index contributed by atoms with van der Waals surface area (Å²) in [6.45, 7) is 4.00. The van der Waals surface area contributed by atoms with Gasteiger partial charge < -0.3 is 10.6 Å². The van der Waals surface area contributed by atoms with E-state index in [0.717, 1.165) is 0 Å². The molecule has 1 aromatic carbocycles. The van der Waals surface area contributed by atoms with E-state index in [-0.39, 0.29) is 28.2 Å². The van der Waals surface area contributed by atoms with Crippen LogP contribution in [0.4, 0.5) is 16.2 Å². The van der Waals surface area contributed by atoms with Crippen LogP contribution in [-0.4, -0.2) is 36.5 Å². The number of nitrogen functional groups attached to an aromatic ring is 1. The van der Waals surface area contributed by atoms with E-state index < -0.39 is 17.4 Å². The van der Waals surface area contributed by atoms with Crippen LogP contribution in [0.3, 0.4) is 0 Å². The van der Waals surface area contributed by atoms with E-state index in [2.05, 4.69) is 9.97 Å². The lowest BCUT2D eigenvalue weighted by molar-refractivity contribution is 0.101. The zero-order chi connectivity index (χ0) is 23.4. The lowest BCUT2D eigenvalue weighted by Gasteiger charge is -2.47. The third-order valence-corrected chi connectivity index (χ3v) is 6.11. The molecule has 168 valence electrons. The summed E-state index contributed by atoms with van der Waals surface area (Å²) < 4.78 is 16.5. The quantitative estimate of drug-likeness (QED) is 0.459. The molecule has 0 aliphatic carbocycles. The third kappa shape index (κ3) is 3.34. The van der Waals surface area contributed by atoms with Crippen molar-refractivity contribution in [2.24, 2.45) is 5.92 Å². The fraction of sp³-hybridized carbons (Fsp3) is 0.227. The molecule has 4 aromatic rings. The number of benzene rings is 1. The third-order valence-electron chi connectivity index (χ3n) is 5.81. The van der Waals surface area contributed by atoms with E-state index >= 15 is 0 Å². The fourth-order valence-electron chi connectivity index (χ4n) is 4.24. The molecule has 2 N–H and O–H groups in total. The molecule has 11 heteroatoms. The summed E-state index contributed by atoms with van der Waals surface area (Å²) in [6, 6.07) is 6.73. The van der Waals surface area contributed by atoms with Crippen molar-refractivity contribution in [3.8, 4) is 5.69 Å². The molecule has 5 rings (SSSR count). The Kier molecular flexibility index (Phi) is 4.89. The molecule has 0 unspecified atom stereocenters. The van der Waals surface area contributed by atoms with E-state index in [1.54, 1.807) is 12.3 Å². The predicted octanol–water partition coefficient (Wildman–Crippen LogP) is 3.05. The number of carbonyl (C=O) groups excluding carboxylic acids is 1. The summed E-state index contributed by atoms with van der Waals surface area (Å²) in [5.41, 5.74) is 6.39. The Morgan fingerprint density at radius 3 is 2.64 bits per heavy atom. The molecule has 1 aliphatic rings. The van der Waals surface area contributed by atoms with Gasteiger partial charge in [-0.15, -0.1) is 0 Å². The lowest BCUT2D eigenvalue weighted by Crippen LogP contribution is -2.52. The van der Waals surface area contributed by atoms with Crippen LogP contribution < -0.4 is 16.2 Å². The molecule has 1 saturated heterocycles. The van der Waals surface area contributed by atoms with Crippen LogP contribution in [0.5, 0.6) is 0 Å². The summed E-state index contributed by atoms with van der Waals surface area (Å²) in [5.74, 6) is 0.234. The van der Waals surface area contributed by atoms with Crippen molar-refractivity contribution < 1.29 is 9.18 Å². The van der Waals surface area contributed by atoms with Crippen molar-refractivity contribution in [1.82, 2.24) is 24.1 Å². The van der Waals surface area contributed by atoms with Gasteiger partial charge in [0.2, 0.25) is 5.95 Å². The first kappa shape index (κ1) is 21.1. The minimum Gasteiger partial charge on any atom is -0.368 e. The van der Waals surface area contributed by atoms with Gasteiger partial charge in [-0.3, -0.25) is 14.2 Å². The Hall–Kier alpha value is -3.79. The molecule has 1 aliphatic heterocycles. The summed E-state index contributed by atoms with van der Waals surface area (Å²) in [4.78, 5) is 35.9. The number of halogens is 2. The molecule has 9 nitrogen and oxygen atoms in total. The Labute approximate surface area is 192 Å². The Balaban J connectivity index is 1.75. The van der Waals surface area contributed by atoms with Gasteiger partial charge in [-0.1, -0.05) is 18.5 Å². The molecule has 0 saturated carbocycles. The van der Waals surface area contributed by atoms with Gasteiger partial charge in [0, 0.05) is 24.9 Å². The molecule has 3 aromatic heterocycles. The Bertz CT molecular complexity index is 1460. The van der Waals surface area contributed by atoms with Crippen LogP contribution in [0.15, 0.2) is 47.5 Å². The van der Waals surface area contributed by atoms with E-state index in [1.165, 1.54) is 46.5 Å². The molecule has 1 fully saturated rings. The van der Waals surface area contributed by atoms with Gasteiger partial charge in [0.05, 0.1) is 22.3 Å². The first-order valence-electron chi connectivity index (χ1n) is 10.2. The summed E-state index contributed by atoms with van der Waals surface area (Å²) >= 11 is 6.26. The number of carbonyl (C=O) groups is 1. The van der Waals surface area contributed by atoms with Crippen molar-refractivity contribution in [3.05, 3.63) is 75.3 Å². The van der Waals surface area contributed by atoms with Gasteiger partial charge in [0.15, 0.2) is 11.6 Å². The first-order chi connectivity index (χ1) is 15.8. The SMILES string of the molecule is CC(=O)c1cnc(N)nc1N1C[C@@H](C)[C@H]1c1nn2ccc(Cl)c2c(=O)n1-c1ccc(F)cc1. The second-order valence-electron chi connectivity index (χ2n) is 8.03. The molecule has 0 spiro atoms. The number of nitrogens with zero attached hydrogens (tertiary/aromatic N) is 6. The Morgan fingerprint density at radius 2 is 1.97 bits per heavy atom. The van der Waals surface area contributed by atoms with Crippen molar-refractivity contribution in [2.45, 2.75) is 19.9 Å². The predicted molar refractivity (Wildman–Crippen MR) is 121 cm³/mol. The number of anilines is 2. The Morgan fingerprint density at radius 1 is 1.24 bits per heavy atom. The fourth-order valence-corrected chi connectivity index (χ4v) is 4.46. The number of ketones is 1. The van der Waals surface area contributed by atoms with Crippen LogP contribution in [0.1, 0.15) is 36.1 Å². The maximum Gasteiger partial charge on any atom is 0.284 e. The summed E-state index contributed by atoms with van der Waals surface area (Å²) in [6.07, 6.45) is 3.00. The lowest BCUT2D eigenvalue weighted by atomic mass is 9.88. The zero-order valence-corrected chi connectivity index (χ0v) is 18.5. The van der Waals surface area contributed by atoms with Crippen molar-refractivity contribution in [3.63, 3.8) is 0 Å². The maximum absolute atomic E-state index is 13.6. The minimum atomic E-state index is -0.427. The maximum atomic E-state index is 13.6. The number of fused-ring (bicyclic) bond motifs is 1. The smallest absolute Gasteiger partial charge is 0.284 e. The van der Waals surface area contributed by atoms with Crippen molar-refractivity contribution in [1.29, 1.82) is 0 Å². The van der Waals surface area contributed by atoms with Gasteiger partial charge in [-0.05, 0) is 37.3 Å². The van der Waals surface area contributed by atoms with Crippen molar-refractivity contribution in [2.75, 3.05) is 17.2 Å². The highest BCUT2D eigenvalue weighted by Crippen LogP contribution is 2.42. The average Bonchev–Trinajstić information content (AvgIpc) is 3.13. The highest BCUT2D eigenvalue weighted by atomic mass is 35.5. The number of hydrogen-bond acceptors (Lipinski definition) is 7. The van der Waals surface area contributed by atoms with E-state index in [9.17, 15) is 14.0 Å². The van der Waals surface area contributed by atoms with Crippen LogP contribution in [0.2, 0.25) is 5.02 Å². The number of rotatable bonds is 4. The minimum absolute atomic E-state index is 0.0323. The normalized spacial score (nSPS) is 17.9. The average molecular weight is 468 g/mol. The van der Waals surface area contributed by atoms with Gasteiger partial charge in [0.25, 0.3) is 5.56 Å².